The number of ether oxygens (including phenoxy) is 2. The van der Waals surface area contributed by atoms with Gasteiger partial charge in [0.25, 0.3) is 5.56 Å². The Balaban J connectivity index is 1.62. The van der Waals surface area contributed by atoms with Crippen LogP contribution in [0.3, 0.4) is 0 Å². The van der Waals surface area contributed by atoms with Gasteiger partial charge in [-0.15, -0.1) is 0 Å². The van der Waals surface area contributed by atoms with Gasteiger partial charge in [-0.1, -0.05) is 30.3 Å². The maximum atomic E-state index is 12.7. The van der Waals surface area contributed by atoms with Crippen molar-refractivity contribution < 1.29 is 23.9 Å². The van der Waals surface area contributed by atoms with E-state index in [1.54, 1.807) is 48.5 Å². The molecule has 0 aliphatic carbocycles. The van der Waals surface area contributed by atoms with Gasteiger partial charge in [-0.25, -0.2) is 4.79 Å². The van der Waals surface area contributed by atoms with Crippen molar-refractivity contribution in [3.63, 3.8) is 0 Å². The van der Waals surface area contributed by atoms with Crippen molar-refractivity contribution in [3.05, 3.63) is 92.1 Å². The van der Waals surface area contributed by atoms with E-state index in [-0.39, 0.29) is 31.2 Å². The van der Waals surface area contributed by atoms with Gasteiger partial charge in [0, 0.05) is 12.6 Å². The molecule has 0 saturated carbocycles. The molecular formula is C25H25N3O7. The molecule has 0 bridgehead atoms. The number of carbonyl (C=O) groups is 3. The predicted octanol–water partition coefficient (Wildman–Crippen LogP) is 1.58. The Labute approximate surface area is 200 Å². The minimum Gasteiger partial charge on any atom is -0.493 e. The van der Waals surface area contributed by atoms with E-state index in [4.69, 9.17) is 15.2 Å². The van der Waals surface area contributed by atoms with Crippen molar-refractivity contribution in [2.75, 3.05) is 18.9 Å². The van der Waals surface area contributed by atoms with Crippen LogP contribution in [0, 0.1) is 0 Å². The molecule has 10 nitrogen and oxygen atoms in total. The van der Waals surface area contributed by atoms with Crippen LogP contribution < -0.4 is 21.7 Å². The molecule has 0 saturated heterocycles. The minimum atomic E-state index is -0.866. The lowest BCUT2D eigenvalue weighted by atomic mass is 10.1. The molecule has 10 heteroatoms. The summed E-state index contributed by atoms with van der Waals surface area (Å²) in [5.41, 5.74) is 5.37. The quantitative estimate of drug-likeness (QED) is 0.341. The van der Waals surface area contributed by atoms with E-state index in [2.05, 4.69) is 0 Å². The molecule has 0 radical (unpaired) electrons. The van der Waals surface area contributed by atoms with Crippen LogP contribution in [-0.2, 0) is 23.1 Å². The summed E-state index contributed by atoms with van der Waals surface area (Å²) in [6, 6.07) is 15.4. The van der Waals surface area contributed by atoms with E-state index >= 15 is 0 Å². The lowest BCUT2D eigenvalue weighted by Gasteiger charge is -2.14. The van der Waals surface area contributed by atoms with E-state index in [0.29, 0.717) is 11.3 Å². The van der Waals surface area contributed by atoms with Crippen LogP contribution in [0.2, 0.25) is 0 Å². The molecule has 0 aliphatic rings. The summed E-state index contributed by atoms with van der Waals surface area (Å²) in [5, 5.41) is 0. The zero-order valence-electron chi connectivity index (χ0n) is 19.4. The first-order chi connectivity index (χ1) is 16.7. The highest BCUT2D eigenvalue weighted by Gasteiger charge is 2.22. The van der Waals surface area contributed by atoms with Gasteiger partial charge >= 0.3 is 11.7 Å². The minimum absolute atomic E-state index is 0.0156. The average molecular weight is 479 g/mol. The Morgan fingerprint density at radius 2 is 1.63 bits per heavy atom. The number of nitrogen functional groups attached to an aromatic ring is 1. The molecule has 2 N–H and O–H groups in total. The van der Waals surface area contributed by atoms with E-state index in [0.717, 1.165) is 14.7 Å². The smallest absolute Gasteiger partial charge is 0.332 e. The van der Waals surface area contributed by atoms with Gasteiger partial charge in [-0.3, -0.25) is 28.3 Å². The molecule has 0 spiro atoms. The Morgan fingerprint density at radius 1 is 0.971 bits per heavy atom. The second kappa shape index (κ2) is 11.1. The number of Topliss-reactive ketones (excluding diaryl/α,β-unsaturated/α-hetero) is 2. The summed E-state index contributed by atoms with van der Waals surface area (Å²) in [6.45, 7) is 0.784. The number of nitrogens with two attached hydrogens (primary N) is 1. The van der Waals surface area contributed by atoms with Gasteiger partial charge in [0.1, 0.15) is 17.1 Å². The highest BCUT2D eigenvalue weighted by Crippen LogP contribution is 2.13. The maximum Gasteiger partial charge on any atom is 0.332 e. The van der Waals surface area contributed by atoms with Gasteiger partial charge < -0.3 is 15.2 Å². The monoisotopic (exact) mass is 479 g/mol. The van der Waals surface area contributed by atoms with Crippen molar-refractivity contribution in [3.8, 4) is 5.75 Å². The molecule has 3 rings (SSSR count). The van der Waals surface area contributed by atoms with Crippen LogP contribution in [0.25, 0.3) is 0 Å². The molecular weight excluding hydrogens is 454 g/mol. The number of carbonyl (C=O) groups excluding carboxylic acids is 3. The lowest BCUT2D eigenvalue weighted by molar-refractivity contribution is -0.143. The fourth-order valence-corrected chi connectivity index (χ4v) is 3.29. The molecule has 0 fully saturated rings. The topological polar surface area (TPSA) is 140 Å². The fraction of sp³-hybridized carbons (Fsp3) is 0.240. The summed E-state index contributed by atoms with van der Waals surface area (Å²) < 4.78 is 12.3. The number of rotatable bonds is 10. The van der Waals surface area contributed by atoms with Gasteiger partial charge in [0.15, 0.2) is 12.4 Å². The van der Waals surface area contributed by atoms with Crippen molar-refractivity contribution in [1.82, 2.24) is 9.13 Å². The van der Waals surface area contributed by atoms with Gasteiger partial charge in [-0.05, 0) is 36.8 Å². The Bertz CT molecular complexity index is 1360. The molecule has 0 unspecified atom stereocenters. The van der Waals surface area contributed by atoms with Crippen molar-refractivity contribution >= 4 is 23.4 Å². The van der Waals surface area contributed by atoms with Gasteiger partial charge in [0.2, 0.25) is 5.78 Å². The Kier molecular flexibility index (Phi) is 7.98. The van der Waals surface area contributed by atoms with Crippen LogP contribution in [0.15, 0.2) is 64.2 Å². The summed E-state index contributed by atoms with van der Waals surface area (Å²) in [7, 11) is 1.24. The predicted molar refractivity (Wildman–Crippen MR) is 128 cm³/mol. The fourth-order valence-electron chi connectivity index (χ4n) is 3.29. The van der Waals surface area contributed by atoms with Gasteiger partial charge in [-0.2, -0.15) is 0 Å². The van der Waals surface area contributed by atoms with Gasteiger partial charge in [0.05, 0.1) is 19.6 Å². The Hall–Kier alpha value is -4.47. The summed E-state index contributed by atoms with van der Waals surface area (Å²) in [6.07, 6.45) is -0.150. The SMILES string of the molecule is CC(=O)c1ccc(OCCC(=O)OCC(=O)c2c(N)n(Cc3ccccc3)c(=O)n(C)c2=O)cc1. The molecule has 0 amide bonds. The third-order valence-electron chi connectivity index (χ3n) is 5.25. The number of ketones is 2. The van der Waals surface area contributed by atoms with E-state index < -0.39 is 35.2 Å². The molecule has 0 atom stereocenters. The second-order valence-corrected chi connectivity index (χ2v) is 7.74. The molecule has 3 aromatic rings. The maximum absolute atomic E-state index is 12.7. The van der Waals surface area contributed by atoms with Crippen molar-refractivity contribution in [2.45, 2.75) is 19.9 Å². The van der Waals surface area contributed by atoms with Crippen LogP contribution in [0.1, 0.15) is 39.6 Å². The van der Waals surface area contributed by atoms with E-state index in [9.17, 15) is 24.0 Å². The lowest BCUT2D eigenvalue weighted by Crippen LogP contribution is -2.43. The van der Waals surface area contributed by atoms with Crippen LogP contribution in [0.5, 0.6) is 5.75 Å². The number of hydrogen-bond acceptors (Lipinski definition) is 8. The molecule has 182 valence electrons. The number of esters is 1. The normalized spacial score (nSPS) is 10.6. The number of nitrogens with zero attached hydrogens (tertiary/aromatic N) is 2. The van der Waals surface area contributed by atoms with Crippen molar-refractivity contribution in [1.29, 1.82) is 0 Å². The average Bonchev–Trinajstić information content (AvgIpc) is 2.85. The number of benzene rings is 2. The number of anilines is 1. The first-order valence-corrected chi connectivity index (χ1v) is 10.7. The number of aromatic nitrogens is 2. The Morgan fingerprint density at radius 3 is 2.26 bits per heavy atom. The summed E-state index contributed by atoms with van der Waals surface area (Å²) in [5.74, 6) is -1.43. The third-order valence-corrected chi connectivity index (χ3v) is 5.25. The first-order valence-electron chi connectivity index (χ1n) is 10.7. The summed E-state index contributed by atoms with van der Waals surface area (Å²) >= 11 is 0. The van der Waals surface area contributed by atoms with Crippen LogP contribution in [0.4, 0.5) is 5.82 Å². The highest BCUT2D eigenvalue weighted by atomic mass is 16.5. The van der Waals surface area contributed by atoms with E-state index in [1.807, 2.05) is 6.07 Å². The van der Waals surface area contributed by atoms with E-state index in [1.165, 1.54) is 14.0 Å². The first kappa shape index (κ1) is 25.2. The molecule has 2 aromatic carbocycles. The molecule has 1 heterocycles. The standard InChI is InChI=1S/C25H25N3O7/c1-16(29)18-8-10-19(11-9-18)34-13-12-21(31)35-15-20(30)22-23(26)28(25(33)27(2)24(22)32)14-17-6-4-3-5-7-17/h3-11H,12-15,26H2,1-2H3. The largest absolute Gasteiger partial charge is 0.493 e. The van der Waals surface area contributed by atoms with Crippen LogP contribution >= 0.6 is 0 Å². The summed E-state index contributed by atoms with van der Waals surface area (Å²) in [4.78, 5) is 61.2. The molecule has 35 heavy (non-hydrogen) atoms. The van der Waals surface area contributed by atoms with Crippen molar-refractivity contribution in [2.24, 2.45) is 7.05 Å². The highest BCUT2D eigenvalue weighted by molar-refractivity contribution is 6.01. The zero-order chi connectivity index (χ0) is 25.5. The molecule has 0 aliphatic heterocycles. The second-order valence-electron chi connectivity index (χ2n) is 7.74. The zero-order valence-corrected chi connectivity index (χ0v) is 19.4. The molecule has 1 aromatic heterocycles. The third kappa shape index (κ3) is 6.11. The van der Waals surface area contributed by atoms with Crippen LogP contribution in [-0.4, -0.2) is 39.9 Å². The number of hydrogen-bond donors (Lipinski definition) is 1.